The molecule has 59 heavy (non-hydrogen) atoms. The second-order valence-electron chi connectivity index (χ2n) is 14.7. The first kappa shape index (κ1) is 30.3. The van der Waals surface area contributed by atoms with Crippen molar-refractivity contribution in [3.05, 3.63) is 236 Å². The highest BCUT2D eigenvalue weighted by molar-refractivity contribution is 6.11. The Morgan fingerprint density at radius 2 is 0.898 bits per heavy atom. The number of nitrogens with zero attached hydrogens (tertiary/aromatic N) is 3. The summed E-state index contributed by atoms with van der Waals surface area (Å²) in [5.74, 6) is 0. The van der Waals surface area contributed by atoms with Crippen molar-refractivity contribution in [1.29, 1.82) is 0 Å². The van der Waals surface area contributed by atoms with Crippen molar-refractivity contribution in [2.75, 3.05) is 9.80 Å². The van der Waals surface area contributed by atoms with Crippen LogP contribution in [0.2, 0.25) is 0 Å². The van der Waals surface area contributed by atoms with Crippen molar-refractivity contribution >= 4 is 77.5 Å². The topological polar surface area (TPSA) is 11.4 Å². The quantitative estimate of drug-likeness (QED) is 0.153. The molecule has 1 heterocycles. The molecule has 11 aromatic rings. The molecule has 278 valence electrons. The maximum atomic E-state index is 9.46. The van der Waals surface area contributed by atoms with Crippen molar-refractivity contribution < 1.29 is 5.48 Å². The van der Waals surface area contributed by atoms with Crippen molar-refractivity contribution in [2.45, 2.75) is 0 Å². The van der Waals surface area contributed by atoms with E-state index in [-0.39, 0.29) is 35.4 Å². The molecule has 1 aromatic heterocycles. The first-order valence-electron chi connectivity index (χ1n) is 21.9. The summed E-state index contributed by atoms with van der Waals surface area (Å²) in [6, 6.07) is 71.6. The summed E-state index contributed by atoms with van der Waals surface area (Å²) < 4.78 is 40.1. The van der Waals surface area contributed by atoms with Gasteiger partial charge in [-0.05, 0) is 124 Å². The summed E-state index contributed by atoms with van der Waals surface area (Å²) in [6.07, 6.45) is 0. The minimum Gasteiger partial charge on any atom is -0.310 e. The fourth-order valence-electron chi connectivity index (χ4n) is 8.44. The zero-order valence-corrected chi connectivity index (χ0v) is 32.0. The maximum absolute atomic E-state index is 9.46. The van der Waals surface area contributed by atoms with Crippen molar-refractivity contribution in [3.8, 4) is 16.8 Å². The van der Waals surface area contributed by atoms with Crippen LogP contribution in [-0.4, -0.2) is 4.57 Å². The molecule has 0 fully saturated rings. The number of fused-ring (bicyclic) bond motifs is 5. The normalized spacial score (nSPS) is 12.3. The van der Waals surface area contributed by atoms with E-state index in [1.807, 2.05) is 108 Å². The molecule has 0 spiro atoms. The highest BCUT2D eigenvalue weighted by atomic mass is 15.1. The second kappa shape index (κ2) is 14.6. The third kappa shape index (κ3) is 6.17. The predicted molar refractivity (Wildman–Crippen MR) is 251 cm³/mol. The van der Waals surface area contributed by atoms with Gasteiger partial charge in [0.1, 0.15) is 0 Å². The van der Waals surface area contributed by atoms with E-state index < -0.39 is 0 Å². The molecular weight excluding hydrogens is 715 g/mol. The molecule has 0 saturated carbocycles. The van der Waals surface area contributed by atoms with Crippen LogP contribution in [0.5, 0.6) is 0 Å². The van der Waals surface area contributed by atoms with Gasteiger partial charge in [-0.2, -0.15) is 0 Å². The van der Waals surface area contributed by atoms with Crippen molar-refractivity contribution in [3.63, 3.8) is 0 Å². The van der Waals surface area contributed by atoms with Gasteiger partial charge in [-0.1, -0.05) is 139 Å². The molecule has 10 aromatic carbocycles. The Labute approximate surface area is 349 Å². The van der Waals surface area contributed by atoms with Crippen LogP contribution in [0.3, 0.4) is 0 Å². The van der Waals surface area contributed by atoms with Crippen LogP contribution < -0.4 is 9.80 Å². The fourth-order valence-corrected chi connectivity index (χ4v) is 8.44. The molecule has 0 aliphatic carbocycles. The van der Waals surface area contributed by atoms with Crippen molar-refractivity contribution in [2.24, 2.45) is 0 Å². The zero-order chi connectivity index (χ0) is 42.6. The summed E-state index contributed by atoms with van der Waals surface area (Å²) in [6.45, 7) is 0. The number of hydrogen-bond acceptors (Lipinski definition) is 2. The number of rotatable bonds is 8. The molecular formula is C56H39N3. The Morgan fingerprint density at radius 3 is 1.68 bits per heavy atom. The third-order valence-electron chi connectivity index (χ3n) is 11.2. The van der Waals surface area contributed by atoms with Gasteiger partial charge < -0.3 is 14.4 Å². The van der Waals surface area contributed by atoms with Gasteiger partial charge in [0.25, 0.3) is 0 Å². The Balaban J connectivity index is 1.01. The average molecular weight is 758 g/mol. The molecule has 0 bridgehead atoms. The lowest BCUT2D eigenvalue weighted by Gasteiger charge is -2.27. The Morgan fingerprint density at radius 1 is 0.322 bits per heavy atom. The first-order valence-corrected chi connectivity index (χ1v) is 19.9. The molecule has 0 atom stereocenters. The lowest BCUT2D eigenvalue weighted by atomic mass is 10.00. The standard InChI is InChI=1S/C56H39N3/c1-4-17-45(18-5-1)57(50-35-36-56-53(39-50)52-24-12-13-25-55(52)59(56)47-21-8-3-9-22-47)49-34-31-43-37-42(27-28-44(43)38-49)40-29-32-48(33-30-40)58(46-19-6-2-7-20-46)54-26-14-16-41-15-10-11-23-51(41)54/h1-39H/i29D,30D,32D,33D. The Kier molecular flexibility index (Phi) is 7.48. The van der Waals surface area contributed by atoms with Crippen LogP contribution in [0.1, 0.15) is 5.48 Å². The number of hydrogen-bond donors (Lipinski definition) is 0. The number of benzene rings is 10. The summed E-state index contributed by atoms with van der Waals surface area (Å²) in [5.41, 5.74) is 9.03. The number of aromatic nitrogens is 1. The van der Waals surface area contributed by atoms with Gasteiger partial charge in [0.15, 0.2) is 0 Å². The number of para-hydroxylation sites is 4. The third-order valence-corrected chi connectivity index (χ3v) is 11.2. The number of anilines is 6. The molecule has 0 aliphatic rings. The highest BCUT2D eigenvalue weighted by Crippen LogP contribution is 2.42. The largest absolute Gasteiger partial charge is 0.310 e. The van der Waals surface area contributed by atoms with Gasteiger partial charge in [-0.15, -0.1) is 0 Å². The van der Waals surface area contributed by atoms with Crippen LogP contribution in [0.4, 0.5) is 34.1 Å². The molecule has 0 aliphatic heterocycles. The smallest absolute Gasteiger partial charge is 0.0645 e. The summed E-state index contributed by atoms with van der Waals surface area (Å²) >= 11 is 0. The zero-order valence-electron chi connectivity index (χ0n) is 36.0. The van der Waals surface area contributed by atoms with E-state index in [1.54, 1.807) is 0 Å². The van der Waals surface area contributed by atoms with Gasteiger partial charge >= 0.3 is 0 Å². The van der Waals surface area contributed by atoms with Gasteiger partial charge in [-0.3, -0.25) is 0 Å². The molecule has 0 unspecified atom stereocenters. The lowest BCUT2D eigenvalue weighted by molar-refractivity contribution is 1.18. The molecule has 3 heteroatoms. The van der Waals surface area contributed by atoms with Crippen LogP contribution in [0, 0.1) is 0 Å². The van der Waals surface area contributed by atoms with E-state index in [4.69, 9.17) is 0 Å². The summed E-state index contributed by atoms with van der Waals surface area (Å²) in [7, 11) is 0. The molecule has 11 rings (SSSR count). The lowest BCUT2D eigenvalue weighted by Crippen LogP contribution is -2.10. The molecule has 3 nitrogen and oxygen atoms in total. The van der Waals surface area contributed by atoms with Crippen LogP contribution in [-0.2, 0) is 0 Å². The molecule has 0 radical (unpaired) electrons. The minimum absolute atomic E-state index is 0.0950. The van der Waals surface area contributed by atoms with Crippen LogP contribution in [0.15, 0.2) is 236 Å². The van der Waals surface area contributed by atoms with E-state index in [0.717, 1.165) is 72.1 Å². The monoisotopic (exact) mass is 757 g/mol. The van der Waals surface area contributed by atoms with E-state index >= 15 is 0 Å². The van der Waals surface area contributed by atoms with E-state index in [1.165, 1.54) is 5.39 Å². The van der Waals surface area contributed by atoms with E-state index in [2.05, 4.69) is 119 Å². The predicted octanol–water partition coefficient (Wildman–Crippen LogP) is 15.7. The summed E-state index contributed by atoms with van der Waals surface area (Å²) in [5, 5.41) is 6.21. The van der Waals surface area contributed by atoms with Gasteiger partial charge in [0, 0.05) is 50.3 Å². The maximum Gasteiger partial charge on any atom is 0.0645 e. The van der Waals surface area contributed by atoms with E-state index in [0.29, 0.717) is 5.56 Å². The van der Waals surface area contributed by atoms with Crippen molar-refractivity contribution in [1.82, 2.24) is 4.57 Å². The SMILES string of the molecule is [2H]c1c([2H])c(N(c2ccccc2)c2cccc3ccccc23)c([2H])c([2H])c1-c1ccc2cc(N(c3ccccc3)c3ccc4c(c3)c3ccccc3n4-c3ccccc3)ccc2c1. The Bertz CT molecular complexity index is 3480. The fraction of sp³-hybridized carbons (Fsp3) is 0. The highest BCUT2D eigenvalue weighted by Gasteiger charge is 2.19. The van der Waals surface area contributed by atoms with E-state index in [9.17, 15) is 5.48 Å². The van der Waals surface area contributed by atoms with Crippen LogP contribution in [0.25, 0.3) is 60.2 Å². The van der Waals surface area contributed by atoms with Gasteiger partial charge in [0.2, 0.25) is 0 Å². The first-order chi connectivity index (χ1) is 30.9. The van der Waals surface area contributed by atoms with Crippen LogP contribution >= 0.6 is 0 Å². The van der Waals surface area contributed by atoms with Gasteiger partial charge in [0.05, 0.1) is 22.2 Å². The second-order valence-corrected chi connectivity index (χ2v) is 14.7. The molecule has 0 N–H and O–H groups in total. The minimum atomic E-state index is -0.111. The Hall–Kier alpha value is -7.88. The average Bonchev–Trinajstić information content (AvgIpc) is 3.67. The molecule has 0 amide bonds. The van der Waals surface area contributed by atoms with Gasteiger partial charge in [-0.25, -0.2) is 0 Å². The summed E-state index contributed by atoms with van der Waals surface area (Å²) in [4.78, 5) is 4.13. The molecule has 0 saturated heterocycles.